The monoisotopic (exact) mass is 518 g/mol. The van der Waals surface area contributed by atoms with E-state index in [4.69, 9.17) is 0 Å². The van der Waals surface area contributed by atoms with Crippen molar-refractivity contribution in [1.82, 2.24) is 0 Å². The van der Waals surface area contributed by atoms with Crippen LogP contribution in [0.2, 0.25) is 35.8 Å². The third-order valence-corrected chi connectivity index (χ3v) is 17.7. The van der Waals surface area contributed by atoms with Crippen molar-refractivity contribution in [2.24, 2.45) is 0 Å². The van der Waals surface area contributed by atoms with Crippen molar-refractivity contribution in [1.29, 1.82) is 0 Å². The van der Waals surface area contributed by atoms with Gasteiger partial charge in [0.25, 0.3) is 0 Å². The molecule has 186 valence electrons. The Morgan fingerprint density at radius 3 is 1.58 bits per heavy atom. The summed E-state index contributed by atoms with van der Waals surface area (Å²) in [4.78, 5) is 0. The first kappa shape index (κ1) is 37.4. The van der Waals surface area contributed by atoms with E-state index in [1.165, 1.54) is 29.6 Å². The Hall–Kier alpha value is -0.152. The zero-order valence-electron chi connectivity index (χ0n) is 24.8. The normalized spacial score (nSPS) is 21.4. The first-order chi connectivity index (χ1) is 13.3. The molecule has 0 aromatic heterocycles. The summed E-state index contributed by atoms with van der Waals surface area (Å²) in [5.41, 5.74) is 7.31. The zero-order valence-corrected chi connectivity index (χ0v) is 28.4. The number of benzene rings is 1. The Kier molecular flexibility index (Phi) is 15.0. The molecule has 0 fully saturated rings. The summed E-state index contributed by atoms with van der Waals surface area (Å²) in [7, 11) is -3.41. The van der Waals surface area contributed by atoms with Crippen molar-refractivity contribution in [3.63, 3.8) is 0 Å². The van der Waals surface area contributed by atoms with Crippen LogP contribution in [0.25, 0.3) is 0 Å². The van der Waals surface area contributed by atoms with Gasteiger partial charge < -0.3 is 22.3 Å². The Labute approximate surface area is 227 Å². The molecule has 0 saturated carbocycles. The summed E-state index contributed by atoms with van der Waals surface area (Å²) in [6, 6.07) is 7.70. The third kappa shape index (κ3) is 6.16. The fraction of sp³-hybridized carbons (Fsp3) is 0.567. The van der Waals surface area contributed by atoms with Crippen LogP contribution in [-0.2, 0) is 21.7 Å². The minimum absolute atomic E-state index is 0. The van der Waals surface area contributed by atoms with E-state index in [1.807, 2.05) is 0 Å². The molecule has 1 aliphatic carbocycles. The topological polar surface area (TPSA) is 0 Å². The fourth-order valence-corrected chi connectivity index (χ4v) is 15.5. The van der Waals surface area contributed by atoms with E-state index in [2.05, 4.69) is 106 Å². The predicted molar refractivity (Wildman–Crippen MR) is 157 cm³/mol. The van der Waals surface area contributed by atoms with Gasteiger partial charge in [-0.05, 0) is 18.0 Å². The van der Waals surface area contributed by atoms with E-state index in [0.29, 0.717) is 11.1 Å². The van der Waals surface area contributed by atoms with Gasteiger partial charge in [0.1, 0.15) is 0 Å². The largest absolute Gasteiger partial charge is 4.00 e. The molecule has 0 radical (unpaired) electrons. The smallest absolute Gasteiger partial charge is 0.358 e. The average Bonchev–Trinajstić information content (AvgIpc) is 2.84. The van der Waals surface area contributed by atoms with Gasteiger partial charge in [0.15, 0.2) is 0 Å². The summed E-state index contributed by atoms with van der Waals surface area (Å²) in [5.74, 6) is 0. The second-order valence-electron chi connectivity index (χ2n) is 11.0. The number of hydrogen-bond donors (Lipinski definition) is 0. The van der Waals surface area contributed by atoms with Crippen LogP contribution in [0.4, 0.5) is 0 Å². The van der Waals surface area contributed by atoms with Crippen molar-refractivity contribution in [2.45, 2.75) is 111 Å². The molecular weight excluding hydrogens is 464 g/mol. The van der Waals surface area contributed by atoms with Gasteiger partial charge in [-0.3, -0.25) is 6.08 Å². The van der Waals surface area contributed by atoms with Crippen LogP contribution in [0.3, 0.4) is 0 Å². The molecule has 3 atom stereocenters. The average molecular weight is 519 g/mol. The van der Waals surface area contributed by atoms with Crippen LogP contribution < -0.4 is 10.4 Å². The summed E-state index contributed by atoms with van der Waals surface area (Å²) < 4.78 is 0. The van der Waals surface area contributed by atoms with Crippen LogP contribution >= 0.6 is 0 Å². The summed E-state index contributed by atoms with van der Waals surface area (Å²) in [6.45, 7) is 29.3. The molecule has 0 nitrogen and oxygen atoms in total. The molecule has 3 unspecified atom stereocenters. The quantitative estimate of drug-likeness (QED) is 0.249. The molecule has 0 amide bonds. The molecule has 0 aliphatic heterocycles. The second-order valence-corrected chi connectivity index (χ2v) is 21.3. The summed E-state index contributed by atoms with van der Waals surface area (Å²) in [5, 5.41) is 3.38. The van der Waals surface area contributed by atoms with Gasteiger partial charge in [-0.2, -0.15) is 11.1 Å². The molecule has 0 heterocycles. The van der Waals surface area contributed by atoms with Crippen molar-refractivity contribution < 1.29 is 21.7 Å². The second kappa shape index (κ2) is 13.2. The molecule has 0 spiro atoms. The molecule has 0 saturated heterocycles. The fourth-order valence-electron chi connectivity index (χ4n) is 6.06. The maximum atomic E-state index is 4.09. The molecule has 33 heavy (non-hydrogen) atoms. The standard InChI is InChI=1S/C27H45Si2.3CH3.Ti/c1-13-21(5)29(22(6)14-2,27(9)18-20(4)23(7)24(27)8)26-16-19(3)15-25(17-26)28(10,11)12;;;;/h15-17,21-22H,13-14H2,1-12H3;3*1H3;/q4*-1;+4. The SMILES string of the molecule is CCC(C)[Si](c1cc(C)cc([Si](C)(C)C)c1)(C(C)CC)C1(C)[C-]=C(C)C(C)=C1C.[CH3-].[CH3-].[CH3-].[Ti+4]. The number of allylic oxidation sites excluding steroid dienone is 4. The molecular formula is C30H54Si2Ti. The molecule has 0 N–H and O–H groups in total. The van der Waals surface area contributed by atoms with Crippen molar-refractivity contribution in [3.05, 3.63) is 68.8 Å². The van der Waals surface area contributed by atoms with Crippen LogP contribution in [0.15, 0.2) is 34.9 Å². The van der Waals surface area contributed by atoms with Gasteiger partial charge in [0, 0.05) is 0 Å². The molecule has 1 aliphatic rings. The van der Waals surface area contributed by atoms with E-state index >= 15 is 0 Å². The van der Waals surface area contributed by atoms with E-state index in [0.717, 1.165) is 0 Å². The minimum atomic E-state index is -2.03. The Bertz CT molecular complexity index is 818. The molecule has 2 rings (SSSR count). The maximum Gasteiger partial charge on any atom is 4.00 e. The first-order valence-electron chi connectivity index (χ1n) is 11.7. The Morgan fingerprint density at radius 1 is 0.818 bits per heavy atom. The van der Waals surface area contributed by atoms with E-state index in [1.54, 1.807) is 15.9 Å². The number of aryl methyl sites for hydroxylation is 1. The van der Waals surface area contributed by atoms with Gasteiger partial charge in [0.05, 0.1) is 16.1 Å². The summed E-state index contributed by atoms with van der Waals surface area (Å²) in [6.07, 6.45) is 6.58. The molecule has 0 bridgehead atoms. The Balaban J connectivity index is -0.00000225. The van der Waals surface area contributed by atoms with Crippen molar-refractivity contribution in [2.75, 3.05) is 0 Å². The van der Waals surface area contributed by atoms with Crippen molar-refractivity contribution in [3.8, 4) is 0 Å². The van der Waals surface area contributed by atoms with Gasteiger partial charge in [0.2, 0.25) is 0 Å². The number of hydrogen-bond acceptors (Lipinski definition) is 0. The Morgan fingerprint density at radius 2 is 1.24 bits per heavy atom. The van der Waals surface area contributed by atoms with Crippen LogP contribution in [0.1, 0.15) is 73.8 Å². The van der Waals surface area contributed by atoms with Crippen LogP contribution in [-0.4, -0.2) is 16.1 Å². The van der Waals surface area contributed by atoms with Gasteiger partial charge in [-0.25, -0.2) is 5.57 Å². The van der Waals surface area contributed by atoms with Gasteiger partial charge >= 0.3 is 21.7 Å². The minimum Gasteiger partial charge on any atom is -0.358 e. The molecule has 1 aromatic carbocycles. The van der Waals surface area contributed by atoms with Gasteiger partial charge in [-0.1, -0.05) is 120 Å². The number of rotatable bonds is 7. The molecule has 3 heteroatoms. The van der Waals surface area contributed by atoms with Crippen LogP contribution in [0, 0.1) is 35.3 Å². The summed E-state index contributed by atoms with van der Waals surface area (Å²) >= 11 is 0. The first-order valence-corrected chi connectivity index (χ1v) is 17.3. The molecule has 1 aromatic rings. The van der Waals surface area contributed by atoms with E-state index < -0.39 is 16.1 Å². The maximum absolute atomic E-state index is 4.09. The zero-order chi connectivity index (χ0) is 22.4. The van der Waals surface area contributed by atoms with Gasteiger partial charge in [-0.15, -0.1) is 6.92 Å². The third-order valence-electron chi connectivity index (χ3n) is 8.34. The van der Waals surface area contributed by atoms with Crippen molar-refractivity contribution >= 4 is 26.5 Å². The predicted octanol–water partition coefficient (Wildman–Crippen LogP) is 9.00. The van der Waals surface area contributed by atoms with E-state index in [-0.39, 0.29) is 49.0 Å². The van der Waals surface area contributed by atoms with E-state index in [9.17, 15) is 0 Å². The van der Waals surface area contributed by atoms with Crippen LogP contribution in [0.5, 0.6) is 0 Å².